The predicted molar refractivity (Wildman–Crippen MR) is 129 cm³/mol. The van der Waals surface area contributed by atoms with Crippen molar-refractivity contribution in [3.05, 3.63) is 108 Å². The van der Waals surface area contributed by atoms with Crippen LogP contribution in [0.4, 0.5) is 11.4 Å². The predicted octanol–water partition coefficient (Wildman–Crippen LogP) is 5.79. The average molecular weight is 451 g/mol. The first kappa shape index (κ1) is 21.2. The molecule has 5 rings (SSSR count). The average Bonchev–Trinajstić information content (AvgIpc) is 3.37. The maximum Gasteiger partial charge on any atom is 0.337 e. The second kappa shape index (κ2) is 9.04. The zero-order valence-electron chi connectivity index (χ0n) is 18.2. The van der Waals surface area contributed by atoms with Gasteiger partial charge in [-0.1, -0.05) is 18.2 Å². The second-order valence-corrected chi connectivity index (χ2v) is 7.89. The van der Waals surface area contributed by atoms with Crippen molar-refractivity contribution in [1.82, 2.24) is 4.57 Å². The van der Waals surface area contributed by atoms with Gasteiger partial charge in [0.15, 0.2) is 5.69 Å². The lowest BCUT2D eigenvalue weighted by atomic mass is 10.1. The minimum absolute atomic E-state index is 0.000989. The van der Waals surface area contributed by atoms with Gasteiger partial charge in [-0.3, -0.25) is 0 Å². The monoisotopic (exact) mass is 451 g/mol. The van der Waals surface area contributed by atoms with Gasteiger partial charge in [0.05, 0.1) is 36.6 Å². The Morgan fingerprint density at radius 3 is 2.12 bits per heavy atom. The number of carboxylic acids is 1. The van der Waals surface area contributed by atoms with E-state index in [0.717, 1.165) is 11.4 Å². The third-order valence-electron chi connectivity index (χ3n) is 5.62. The Labute approximate surface area is 196 Å². The largest absolute Gasteiger partial charge is 0.487 e. The molecule has 1 aliphatic rings. The summed E-state index contributed by atoms with van der Waals surface area (Å²) >= 11 is 0. The first-order valence-corrected chi connectivity index (χ1v) is 10.8. The molecule has 34 heavy (non-hydrogen) atoms. The Bertz CT molecular complexity index is 1330. The van der Waals surface area contributed by atoms with Crippen LogP contribution < -0.4 is 14.4 Å². The highest BCUT2D eigenvalue weighted by Crippen LogP contribution is 2.33. The van der Waals surface area contributed by atoms with Crippen molar-refractivity contribution >= 4 is 17.3 Å². The molecule has 7 nitrogen and oxygen atoms in total. The molecule has 0 atom stereocenters. The van der Waals surface area contributed by atoms with E-state index in [1.165, 1.54) is 0 Å². The molecule has 1 fully saturated rings. The number of carboxylic acid groups (broad SMARTS) is 1. The van der Waals surface area contributed by atoms with Crippen molar-refractivity contribution in [2.75, 3.05) is 18.0 Å². The van der Waals surface area contributed by atoms with E-state index in [1.54, 1.807) is 36.4 Å². The number of aromatic carboxylic acids is 1. The third-order valence-corrected chi connectivity index (χ3v) is 5.62. The molecule has 0 unspecified atom stereocenters. The molecule has 1 N–H and O–H groups in total. The van der Waals surface area contributed by atoms with Crippen LogP contribution in [0.15, 0.2) is 91.3 Å². The van der Waals surface area contributed by atoms with Crippen molar-refractivity contribution < 1.29 is 19.4 Å². The van der Waals surface area contributed by atoms with E-state index in [4.69, 9.17) is 16.0 Å². The van der Waals surface area contributed by atoms with Gasteiger partial charge in [-0.2, -0.15) is 0 Å². The Kier molecular flexibility index (Phi) is 5.63. The number of hydrogen-bond acceptors (Lipinski definition) is 4. The van der Waals surface area contributed by atoms with E-state index in [9.17, 15) is 9.90 Å². The highest BCUT2D eigenvalue weighted by Gasteiger charge is 2.31. The van der Waals surface area contributed by atoms with Crippen molar-refractivity contribution in [2.24, 2.45) is 0 Å². The van der Waals surface area contributed by atoms with E-state index in [-0.39, 0.29) is 11.7 Å². The number of para-hydroxylation sites is 1. The van der Waals surface area contributed by atoms with Gasteiger partial charge in [0, 0.05) is 12.4 Å². The number of carbonyl (C=O) groups is 1. The Morgan fingerprint density at radius 1 is 0.882 bits per heavy atom. The first-order valence-electron chi connectivity index (χ1n) is 10.8. The van der Waals surface area contributed by atoms with Crippen LogP contribution in [0.5, 0.6) is 17.2 Å². The lowest BCUT2D eigenvalue weighted by Crippen LogP contribution is -2.54. The van der Waals surface area contributed by atoms with Gasteiger partial charge in [-0.25, -0.2) is 9.64 Å². The van der Waals surface area contributed by atoms with E-state index in [1.807, 2.05) is 59.4 Å². The van der Waals surface area contributed by atoms with E-state index >= 15 is 0 Å². The van der Waals surface area contributed by atoms with Crippen molar-refractivity contribution in [3.63, 3.8) is 0 Å². The zero-order valence-corrected chi connectivity index (χ0v) is 18.2. The Morgan fingerprint density at radius 2 is 1.50 bits per heavy atom. The van der Waals surface area contributed by atoms with Crippen LogP contribution in [-0.2, 0) is 0 Å². The molecule has 2 heterocycles. The van der Waals surface area contributed by atoms with Crippen LogP contribution in [0.1, 0.15) is 10.4 Å². The summed E-state index contributed by atoms with van der Waals surface area (Å²) in [5.41, 5.74) is 2.35. The summed E-state index contributed by atoms with van der Waals surface area (Å²) in [6.07, 6.45) is 3.70. The minimum atomic E-state index is -0.955. The molecule has 1 aromatic heterocycles. The van der Waals surface area contributed by atoms with Gasteiger partial charge in [-0.05, 0) is 60.7 Å². The molecule has 1 saturated heterocycles. The van der Waals surface area contributed by atoms with Crippen LogP contribution in [0.3, 0.4) is 0 Å². The fourth-order valence-corrected chi connectivity index (χ4v) is 3.93. The number of hydrogen-bond donors (Lipinski definition) is 1. The van der Waals surface area contributed by atoms with E-state index in [0.29, 0.717) is 36.0 Å². The molecule has 168 valence electrons. The van der Waals surface area contributed by atoms with Crippen LogP contribution in [0.25, 0.3) is 10.5 Å². The Balaban J connectivity index is 1.23. The topological polar surface area (TPSA) is 68.3 Å². The fraction of sp³-hybridized carbons (Fsp3) is 0.111. The summed E-state index contributed by atoms with van der Waals surface area (Å²) in [5, 5.41) is 9.67. The molecular weight excluding hydrogens is 430 g/mol. The van der Waals surface area contributed by atoms with Gasteiger partial charge in [0.25, 0.3) is 0 Å². The van der Waals surface area contributed by atoms with Crippen LogP contribution in [-0.4, -0.2) is 34.8 Å². The molecule has 4 aromatic rings. The van der Waals surface area contributed by atoms with E-state index in [2.05, 4.69) is 9.74 Å². The van der Waals surface area contributed by atoms with Crippen molar-refractivity contribution in [3.8, 4) is 22.9 Å². The maximum atomic E-state index is 11.8. The van der Waals surface area contributed by atoms with Gasteiger partial charge < -0.3 is 24.0 Å². The number of rotatable bonds is 7. The Hall–Kier alpha value is -4.70. The van der Waals surface area contributed by atoms with Crippen molar-refractivity contribution in [2.45, 2.75) is 6.10 Å². The zero-order chi connectivity index (χ0) is 23.5. The standard InChI is InChI=1S/C27H21N3O4/c1-28-19-7-9-20(10-8-19)33-21-11-13-22(14-12-21)34-23-17-30(18-23)25-6-4-5-24(27(31)32)26(25)29-15-2-3-16-29/h2-16,23H,17-18H2,(H,31,32). The lowest BCUT2D eigenvalue weighted by molar-refractivity contribution is 0.0697. The highest BCUT2D eigenvalue weighted by molar-refractivity contribution is 5.95. The maximum absolute atomic E-state index is 11.8. The summed E-state index contributed by atoms with van der Waals surface area (Å²) in [4.78, 5) is 17.3. The molecule has 0 aliphatic carbocycles. The highest BCUT2D eigenvalue weighted by atomic mass is 16.5. The van der Waals surface area contributed by atoms with Gasteiger partial charge >= 0.3 is 5.97 Å². The fourth-order valence-electron chi connectivity index (χ4n) is 3.93. The molecule has 0 spiro atoms. The number of ether oxygens (including phenoxy) is 2. The molecule has 1 aliphatic heterocycles. The summed E-state index contributed by atoms with van der Waals surface area (Å²) in [5.74, 6) is 1.13. The normalized spacial score (nSPS) is 13.1. The summed E-state index contributed by atoms with van der Waals surface area (Å²) in [6, 6.07) is 23.5. The van der Waals surface area contributed by atoms with Gasteiger partial charge in [0.2, 0.25) is 0 Å². The molecule has 3 aromatic carbocycles. The molecular formula is C27H21N3O4. The first-order chi connectivity index (χ1) is 16.6. The smallest absolute Gasteiger partial charge is 0.337 e. The molecule has 0 amide bonds. The summed E-state index contributed by atoms with van der Waals surface area (Å²) in [6.45, 7) is 8.32. The van der Waals surface area contributed by atoms with Crippen LogP contribution >= 0.6 is 0 Å². The van der Waals surface area contributed by atoms with E-state index < -0.39 is 5.97 Å². The van der Waals surface area contributed by atoms with Gasteiger partial charge in [-0.15, -0.1) is 0 Å². The summed E-state index contributed by atoms with van der Waals surface area (Å²) in [7, 11) is 0. The molecule has 0 bridgehead atoms. The minimum Gasteiger partial charge on any atom is -0.487 e. The lowest BCUT2D eigenvalue weighted by Gasteiger charge is -2.41. The molecule has 0 radical (unpaired) electrons. The van der Waals surface area contributed by atoms with Crippen LogP contribution in [0, 0.1) is 6.57 Å². The molecule has 0 saturated carbocycles. The number of aromatic nitrogens is 1. The van der Waals surface area contributed by atoms with Crippen molar-refractivity contribution in [1.29, 1.82) is 0 Å². The van der Waals surface area contributed by atoms with Crippen LogP contribution in [0.2, 0.25) is 0 Å². The quantitative estimate of drug-likeness (QED) is 0.361. The number of benzene rings is 3. The SMILES string of the molecule is [C-]#[N+]c1ccc(Oc2ccc(OC3CN(c4cccc(C(=O)O)c4-n4cccc4)C3)cc2)cc1. The third kappa shape index (κ3) is 4.30. The summed E-state index contributed by atoms with van der Waals surface area (Å²) < 4.78 is 13.7. The number of anilines is 1. The number of nitrogens with zero attached hydrogens (tertiary/aromatic N) is 3. The van der Waals surface area contributed by atoms with Gasteiger partial charge in [0.1, 0.15) is 23.4 Å². The molecule has 7 heteroatoms. The second-order valence-electron chi connectivity index (χ2n) is 7.89.